The van der Waals surface area contributed by atoms with Crippen molar-refractivity contribution >= 4 is 18.2 Å². The molecule has 0 bridgehead atoms. The van der Waals surface area contributed by atoms with E-state index in [2.05, 4.69) is 15.2 Å². The van der Waals surface area contributed by atoms with Gasteiger partial charge in [-0.15, -0.1) is 0 Å². The van der Waals surface area contributed by atoms with Crippen molar-refractivity contribution < 1.29 is 46.6 Å². The largest absolute Gasteiger partial charge is 0.466 e. The van der Waals surface area contributed by atoms with Crippen molar-refractivity contribution in [2.75, 3.05) is 27.0 Å². The molecule has 0 aliphatic carbocycles. The highest BCUT2D eigenvalue weighted by Gasteiger charge is 2.42. The van der Waals surface area contributed by atoms with Crippen LogP contribution in [0.25, 0.3) is 0 Å². The SMILES string of the molecule is COC(=O)C1=C(CF)NC(COCC=NO)=C(C(=O)OC(C)C)C1c1c(F)cc(F)cc1F. The van der Waals surface area contributed by atoms with Crippen molar-refractivity contribution in [3.05, 3.63) is 57.7 Å². The van der Waals surface area contributed by atoms with Crippen LogP contribution in [-0.2, 0) is 23.8 Å². The van der Waals surface area contributed by atoms with Crippen molar-refractivity contribution in [2.24, 2.45) is 5.16 Å². The number of hydrogen-bond donors (Lipinski definition) is 2. The summed E-state index contributed by atoms with van der Waals surface area (Å²) in [5.74, 6) is -8.17. The fourth-order valence-electron chi connectivity index (χ4n) is 3.26. The summed E-state index contributed by atoms with van der Waals surface area (Å²) in [4.78, 5) is 25.6. The number of benzene rings is 1. The predicted molar refractivity (Wildman–Crippen MR) is 107 cm³/mol. The van der Waals surface area contributed by atoms with Gasteiger partial charge in [-0.3, -0.25) is 0 Å². The van der Waals surface area contributed by atoms with Crippen LogP contribution < -0.4 is 5.32 Å². The summed E-state index contributed by atoms with van der Waals surface area (Å²) in [6.07, 6.45) is 0.295. The zero-order valence-electron chi connectivity index (χ0n) is 18.0. The second-order valence-electron chi connectivity index (χ2n) is 7.02. The van der Waals surface area contributed by atoms with Crippen molar-refractivity contribution in [3.63, 3.8) is 0 Å². The Labute approximate surface area is 186 Å². The molecule has 1 heterocycles. The molecule has 12 heteroatoms. The molecule has 33 heavy (non-hydrogen) atoms. The van der Waals surface area contributed by atoms with Crippen LogP contribution in [0, 0.1) is 17.5 Å². The van der Waals surface area contributed by atoms with Crippen LogP contribution in [0.2, 0.25) is 0 Å². The first-order valence-corrected chi connectivity index (χ1v) is 9.62. The summed E-state index contributed by atoms with van der Waals surface area (Å²) >= 11 is 0. The monoisotopic (exact) mass is 474 g/mol. The molecular formula is C21H22F4N2O6. The number of carbonyl (C=O) groups is 2. The smallest absolute Gasteiger partial charge is 0.337 e. The number of ether oxygens (including phenoxy) is 3. The van der Waals surface area contributed by atoms with Crippen LogP contribution in [0.15, 0.2) is 39.8 Å². The van der Waals surface area contributed by atoms with Gasteiger partial charge >= 0.3 is 11.9 Å². The summed E-state index contributed by atoms with van der Waals surface area (Å²) in [6.45, 7) is 1.03. The summed E-state index contributed by atoms with van der Waals surface area (Å²) in [6, 6.07) is 0.730. The van der Waals surface area contributed by atoms with Crippen LogP contribution in [-0.4, -0.2) is 56.5 Å². The van der Waals surface area contributed by atoms with Crippen molar-refractivity contribution in [2.45, 2.75) is 25.9 Å². The van der Waals surface area contributed by atoms with Gasteiger partial charge < -0.3 is 24.7 Å². The maximum Gasteiger partial charge on any atom is 0.337 e. The molecular weight excluding hydrogens is 452 g/mol. The molecule has 1 aliphatic heterocycles. The first kappa shape index (κ1) is 25.8. The Hall–Kier alpha value is -3.41. The zero-order valence-corrected chi connectivity index (χ0v) is 18.0. The standard InChI is InChI=1S/C21H22F4N2O6/c1-10(2)33-21(29)18-15(9-32-5-4-26-30)27-14(8-22)17(20(28)31-3)19(18)16-12(24)6-11(23)7-13(16)25/h4,6-7,10,19,27,30H,5,8-9H2,1-3H3. The highest BCUT2D eigenvalue weighted by molar-refractivity contribution is 6.00. The molecule has 1 unspecified atom stereocenters. The molecule has 2 N–H and O–H groups in total. The summed E-state index contributed by atoms with van der Waals surface area (Å²) in [5.41, 5.74) is -2.55. The average Bonchev–Trinajstić information content (AvgIpc) is 2.74. The molecule has 0 aromatic heterocycles. The maximum absolute atomic E-state index is 14.8. The lowest BCUT2D eigenvalue weighted by Crippen LogP contribution is -2.37. The third-order valence-corrected chi connectivity index (χ3v) is 4.48. The first-order chi connectivity index (χ1) is 15.7. The van der Waals surface area contributed by atoms with E-state index in [9.17, 15) is 27.2 Å². The number of nitrogens with zero attached hydrogens (tertiary/aromatic N) is 1. The van der Waals surface area contributed by atoms with E-state index in [4.69, 9.17) is 14.7 Å². The Morgan fingerprint density at radius 2 is 1.76 bits per heavy atom. The van der Waals surface area contributed by atoms with E-state index in [0.717, 1.165) is 13.3 Å². The molecule has 1 aromatic rings. The number of hydrogen-bond acceptors (Lipinski definition) is 8. The molecule has 8 nitrogen and oxygen atoms in total. The van der Waals surface area contributed by atoms with Crippen molar-refractivity contribution in [3.8, 4) is 0 Å². The quantitative estimate of drug-likeness (QED) is 0.142. The minimum absolute atomic E-state index is 0.166. The molecule has 0 saturated carbocycles. The third-order valence-electron chi connectivity index (χ3n) is 4.48. The van der Waals surface area contributed by atoms with Gasteiger partial charge in [-0.1, -0.05) is 5.16 Å². The number of alkyl halides is 1. The Kier molecular flexibility index (Phi) is 8.97. The van der Waals surface area contributed by atoms with Crippen LogP contribution in [0.1, 0.15) is 25.3 Å². The lowest BCUT2D eigenvalue weighted by Gasteiger charge is -2.32. The van der Waals surface area contributed by atoms with E-state index in [1.165, 1.54) is 13.8 Å². The molecule has 0 spiro atoms. The molecule has 180 valence electrons. The molecule has 1 atom stereocenters. The van der Waals surface area contributed by atoms with Crippen molar-refractivity contribution in [1.29, 1.82) is 0 Å². The molecule has 0 fully saturated rings. The molecule has 1 aromatic carbocycles. The van der Waals surface area contributed by atoms with Crippen molar-refractivity contribution in [1.82, 2.24) is 5.32 Å². The second-order valence-corrected chi connectivity index (χ2v) is 7.02. The predicted octanol–water partition coefficient (Wildman–Crippen LogP) is 2.87. The topological polar surface area (TPSA) is 106 Å². The molecule has 0 saturated heterocycles. The van der Waals surface area contributed by atoms with Crippen LogP contribution in [0.5, 0.6) is 0 Å². The number of oxime groups is 1. The maximum atomic E-state index is 14.8. The lowest BCUT2D eigenvalue weighted by atomic mass is 9.79. The number of nitrogens with one attached hydrogen (secondary N) is 1. The van der Waals surface area contributed by atoms with Gasteiger partial charge in [-0.05, 0) is 13.8 Å². The first-order valence-electron chi connectivity index (χ1n) is 9.62. The Balaban J connectivity index is 2.82. The summed E-state index contributed by atoms with van der Waals surface area (Å²) < 4.78 is 72.2. The van der Waals surface area contributed by atoms with Gasteiger partial charge in [0.1, 0.15) is 24.1 Å². The van der Waals surface area contributed by atoms with E-state index in [-0.39, 0.29) is 12.3 Å². The van der Waals surface area contributed by atoms with Gasteiger partial charge in [0.25, 0.3) is 0 Å². The van der Waals surface area contributed by atoms with Gasteiger partial charge in [-0.2, -0.15) is 0 Å². The average molecular weight is 474 g/mol. The van der Waals surface area contributed by atoms with Gasteiger partial charge in [-0.25, -0.2) is 27.2 Å². The van der Waals surface area contributed by atoms with E-state index in [0.29, 0.717) is 12.1 Å². The number of methoxy groups -OCH3 is 1. The highest BCUT2D eigenvalue weighted by atomic mass is 19.1. The van der Waals surface area contributed by atoms with Crippen LogP contribution in [0.3, 0.4) is 0 Å². The normalized spacial score (nSPS) is 16.4. The Bertz CT molecular complexity index is 983. The van der Waals surface area contributed by atoms with Gasteiger partial charge in [0.2, 0.25) is 0 Å². The number of esters is 2. The third kappa shape index (κ3) is 5.89. The summed E-state index contributed by atoms with van der Waals surface area (Å²) in [5, 5.41) is 13.8. The molecule has 2 rings (SSSR count). The second kappa shape index (κ2) is 11.5. The van der Waals surface area contributed by atoms with E-state index in [1.54, 1.807) is 0 Å². The number of dihydropyridines is 1. The number of carbonyl (C=O) groups excluding carboxylic acids is 2. The minimum Gasteiger partial charge on any atom is -0.466 e. The highest BCUT2D eigenvalue weighted by Crippen LogP contribution is 2.42. The fourth-order valence-corrected chi connectivity index (χ4v) is 3.26. The Morgan fingerprint density at radius 1 is 1.15 bits per heavy atom. The minimum atomic E-state index is -1.85. The fraction of sp³-hybridized carbons (Fsp3) is 0.381. The van der Waals surface area contributed by atoms with E-state index < -0.39 is 77.1 Å². The van der Waals surface area contributed by atoms with E-state index >= 15 is 0 Å². The van der Waals surface area contributed by atoms with Gasteiger partial charge in [0, 0.05) is 17.7 Å². The van der Waals surface area contributed by atoms with Gasteiger partial charge in [0.15, 0.2) is 0 Å². The molecule has 0 radical (unpaired) electrons. The number of allylic oxidation sites excluding steroid dienone is 1. The Morgan fingerprint density at radius 3 is 2.27 bits per heavy atom. The molecule has 1 aliphatic rings. The molecule has 0 amide bonds. The summed E-state index contributed by atoms with van der Waals surface area (Å²) in [7, 11) is 0.961. The van der Waals surface area contributed by atoms with E-state index in [1.807, 2.05) is 0 Å². The zero-order chi connectivity index (χ0) is 24.7. The lowest BCUT2D eigenvalue weighted by molar-refractivity contribution is -0.143. The number of halogens is 4. The van der Waals surface area contributed by atoms with Crippen LogP contribution in [0.4, 0.5) is 17.6 Å². The number of rotatable bonds is 9. The van der Waals surface area contributed by atoms with Gasteiger partial charge in [0.05, 0.1) is 61.1 Å². The van der Waals surface area contributed by atoms with Crippen LogP contribution >= 0.6 is 0 Å².